The number of hydrogen-bond acceptors (Lipinski definition) is 1. The predicted molar refractivity (Wildman–Crippen MR) is 82.1 cm³/mol. The zero-order valence-electron chi connectivity index (χ0n) is 11.1. The Bertz CT molecular complexity index is 551. The van der Waals surface area contributed by atoms with Crippen molar-refractivity contribution < 1.29 is 4.39 Å². The fraction of sp³-hybridized carbons (Fsp3) is 0.250. The molecule has 0 amide bonds. The first kappa shape index (κ1) is 14.1. The van der Waals surface area contributed by atoms with Gasteiger partial charge in [0.25, 0.3) is 0 Å². The van der Waals surface area contributed by atoms with E-state index in [0.717, 1.165) is 22.1 Å². The van der Waals surface area contributed by atoms with Crippen LogP contribution in [0.1, 0.15) is 18.1 Å². The lowest BCUT2D eigenvalue weighted by atomic mass is 10.1. The van der Waals surface area contributed by atoms with E-state index in [1.54, 1.807) is 0 Å². The Balaban J connectivity index is 2.02. The number of hydrogen-bond donors (Lipinski definition) is 1. The molecule has 0 fully saturated rings. The Morgan fingerprint density at radius 3 is 2.53 bits per heavy atom. The van der Waals surface area contributed by atoms with Gasteiger partial charge in [-0.3, -0.25) is 0 Å². The van der Waals surface area contributed by atoms with Gasteiger partial charge in [-0.25, -0.2) is 4.39 Å². The van der Waals surface area contributed by atoms with Crippen molar-refractivity contribution in [3.8, 4) is 0 Å². The molecule has 0 saturated heterocycles. The molecular formula is C16H17BrFN. The summed E-state index contributed by atoms with van der Waals surface area (Å²) in [5, 5.41) is 3.49. The topological polar surface area (TPSA) is 12.0 Å². The molecule has 2 aromatic rings. The van der Waals surface area contributed by atoms with E-state index in [0.29, 0.717) is 6.04 Å². The molecule has 0 heterocycles. The standard InChI is InChI=1S/C16H17BrFN/c1-11-3-6-14(17)10-16(11)19-12(2)9-13-4-7-15(18)8-5-13/h3-8,10,12,19H,9H2,1-2H3. The summed E-state index contributed by atoms with van der Waals surface area (Å²) in [7, 11) is 0. The minimum absolute atomic E-state index is 0.188. The van der Waals surface area contributed by atoms with Gasteiger partial charge < -0.3 is 5.32 Å². The van der Waals surface area contributed by atoms with Gasteiger partial charge in [0.15, 0.2) is 0 Å². The maximum atomic E-state index is 12.8. The Morgan fingerprint density at radius 2 is 1.84 bits per heavy atom. The van der Waals surface area contributed by atoms with E-state index in [-0.39, 0.29) is 5.82 Å². The van der Waals surface area contributed by atoms with Gasteiger partial charge >= 0.3 is 0 Å². The fourth-order valence-corrected chi connectivity index (χ4v) is 2.40. The maximum absolute atomic E-state index is 12.8. The summed E-state index contributed by atoms with van der Waals surface area (Å²) >= 11 is 3.48. The molecule has 1 N–H and O–H groups in total. The van der Waals surface area contributed by atoms with E-state index in [1.165, 1.54) is 17.7 Å². The number of rotatable bonds is 4. The first-order chi connectivity index (χ1) is 9.04. The molecule has 1 nitrogen and oxygen atoms in total. The largest absolute Gasteiger partial charge is 0.382 e. The van der Waals surface area contributed by atoms with E-state index in [2.05, 4.69) is 47.2 Å². The Hall–Kier alpha value is -1.35. The molecule has 3 heteroatoms. The number of benzene rings is 2. The summed E-state index contributed by atoms with van der Waals surface area (Å²) in [6, 6.07) is 13.2. The third-order valence-electron chi connectivity index (χ3n) is 3.06. The minimum Gasteiger partial charge on any atom is -0.382 e. The molecule has 100 valence electrons. The third-order valence-corrected chi connectivity index (χ3v) is 3.55. The quantitative estimate of drug-likeness (QED) is 0.841. The molecule has 19 heavy (non-hydrogen) atoms. The van der Waals surface area contributed by atoms with Gasteiger partial charge in [-0.1, -0.05) is 34.1 Å². The van der Waals surface area contributed by atoms with Crippen LogP contribution in [0.4, 0.5) is 10.1 Å². The van der Waals surface area contributed by atoms with Crippen molar-refractivity contribution >= 4 is 21.6 Å². The summed E-state index contributed by atoms with van der Waals surface area (Å²) in [5.41, 5.74) is 3.48. The average Bonchev–Trinajstić information content (AvgIpc) is 2.37. The van der Waals surface area contributed by atoms with Gasteiger partial charge in [0.05, 0.1) is 0 Å². The molecule has 0 aliphatic carbocycles. The molecule has 2 rings (SSSR count). The first-order valence-electron chi connectivity index (χ1n) is 6.32. The second-order valence-electron chi connectivity index (χ2n) is 4.84. The van der Waals surface area contributed by atoms with Gasteiger partial charge in [0.1, 0.15) is 5.82 Å². The van der Waals surface area contributed by atoms with Gasteiger partial charge in [0, 0.05) is 16.2 Å². The van der Waals surface area contributed by atoms with Gasteiger partial charge in [0.2, 0.25) is 0 Å². The van der Waals surface area contributed by atoms with Crippen molar-refractivity contribution in [2.24, 2.45) is 0 Å². The van der Waals surface area contributed by atoms with Crippen molar-refractivity contribution in [2.45, 2.75) is 26.3 Å². The van der Waals surface area contributed by atoms with Crippen LogP contribution in [0.3, 0.4) is 0 Å². The van der Waals surface area contributed by atoms with E-state index < -0.39 is 0 Å². The monoisotopic (exact) mass is 321 g/mol. The maximum Gasteiger partial charge on any atom is 0.123 e. The molecule has 0 aliphatic heterocycles. The normalized spacial score (nSPS) is 12.2. The van der Waals surface area contributed by atoms with Crippen molar-refractivity contribution in [1.82, 2.24) is 0 Å². The van der Waals surface area contributed by atoms with Crippen LogP contribution in [0.25, 0.3) is 0 Å². The van der Waals surface area contributed by atoms with Crippen molar-refractivity contribution in [2.75, 3.05) is 5.32 Å². The van der Waals surface area contributed by atoms with Crippen LogP contribution in [-0.4, -0.2) is 6.04 Å². The highest BCUT2D eigenvalue weighted by Crippen LogP contribution is 2.22. The second-order valence-corrected chi connectivity index (χ2v) is 5.75. The van der Waals surface area contributed by atoms with E-state index >= 15 is 0 Å². The number of anilines is 1. The molecule has 0 spiro atoms. The molecule has 0 bridgehead atoms. The van der Waals surface area contributed by atoms with Crippen LogP contribution in [-0.2, 0) is 6.42 Å². The fourth-order valence-electron chi connectivity index (χ4n) is 2.04. The lowest BCUT2D eigenvalue weighted by molar-refractivity contribution is 0.626. The molecule has 0 aliphatic rings. The van der Waals surface area contributed by atoms with Gasteiger partial charge in [-0.05, 0) is 55.7 Å². The van der Waals surface area contributed by atoms with Crippen molar-refractivity contribution in [3.05, 3.63) is 63.9 Å². The molecule has 0 aromatic heterocycles. The number of aryl methyl sites for hydroxylation is 1. The Labute approximate surface area is 122 Å². The zero-order valence-corrected chi connectivity index (χ0v) is 12.7. The number of nitrogens with one attached hydrogen (secondary N) is 1. The van der Waals surface area contributed by atoms with Gasteiger partial charge in [-0.15, -0.1) is 0 Å². The molecule has 2 aromatic carbocycles. The Kier molecular flexibility index (Phi) is 4.59. The summed E-state index contributed by atoms with van der Waals surface area (Å²) in [4.78, 5) is 0. The van der Waals surface area contributed by atoms with E-state index in [1.807, 2.05) is 18.2 Å². The minimum atomic E-state index is -0.188. The smallest absolute Gasteiger partial charge is 0.123 e. The highest BCUT2D eigenvalue weighted by Gasteiger charge is 2.06. The van der Waals surface area contributed by atoms with Crippen LogP contribution in [0, 0.1) is 12.7 Å². The van der Waals surface area contributed by atoms with Gasteiger partial charge in [-0.2, -0.15) is 0 Å². The summed E-state index contributed by atoms with van der Waals surface area (Å²) in [6.07, 6.45) is 0.867. The molecule has 1 atom stereocenters. The summed E-state index contributed by atoms with van der Waals surface area (Å²) in [6.45, 7) is 4.21. The molecule has 1 unspecified atom stereocenters. The first-order valence-corrected chi connectivity index (χ1v) is 7.11. The molecule has 0 radical (unpaired) electrons. The number of halogens is 2. The summed E-state index contributed by atoms with van der Waals surface area (Å²) < 4.78 is 13.9. The van der Waals surface area contributed by atoms with Crippen molar-refractivity contribution in [3.63, 3.8) is 0 Å². The van der Waals surface area contributed by atoms with Crippen molar-refractivity contribution in [1.29, 1.82) is 0 Å². The summed E-state index contributed by atoms with van der Waals surface area (Å²) in [5.74, 6) is -0.188. The predicted octanol–water partition coefficient (Wildman–Crippen LogP) is 4.94. The van der Waals surface area contributed by atoms with Crippen LogP contribution >= 0.6 is 15.9 Å². The van der Waals surface area contributed by atoms with Crippen LogP contribution < -0.4 is 5.32 Å². The SMILES string of the molecule is Cc1ccc(Br)cc1NC(C)Cc1ccc(F)cc1. The van der Waals surface area contributed by atoms with E-state index in [4.69, 9.17) is 0 Å². The lowest BCUT2D eigenvalue weighted by Crippen LogP contribution is -2.18. The molecular weight excluding hydrogens is 305 g/mol. The third kappa shape index (κ3) is 4.06. The van der Waals surface area contributed by atoms with E-state index in [9.17, 15) is 4.39 Å². The second kappa shape index (κ2) is 6.20. The van der Waals surface area contributed by atoms with Crippen LogP contribution in [0.5, 0.6) is 0 Å². The zero-order chi connectivity index (χ0) is 13.8. The van der Waals surface area contributed by atoms with Crippen LogP contribution in [0.15, 0.2) is 46.9 Å². The average molecular weight is 322 g/mol. The molecule has 0 saturated carbocycles. The highest BCUT2D eigenvalue weighted by molar-refractivity contribution is 9.10. The highest BCUT2D eigenvalue weighted by atomic mass is 79.9. The van der Waals surface area contributed by atoms with Crippen LogP contribution in [0.2, 0.25) is 0 Å². The lowest BCUT2D eigenvalue weighted by Gasteiger charge is -2.17. The Morgan fingerprint density at radius 1 is 1.16 bits per heavy atom.